The highest BCUT2D eigenvalue weighted by Gasteiger charge is 2.18. The van der Waals surface area contributed by atoms with Crippen LogP contribution in [-0.2, 0) is 4.79 Å². The van der Waals surface area contributed by atoms with E-state index in [0.717, 1.165) is 0 Å². The number of nitrogens with one attached hydrogen (secondary N) is 1. The minimum atomic E-state index is -1.02. The molecule has 0 aromatic rings. The van der Waals surface area contributed by atoms with E-state index in [1.807, 2.05) is 0 Å². The van der Waals surface area contributed by atoms with Gasteiger partial charge in [-0.2, -0.15) is 0 Å². The molecule has 5 nitrogen and oxygen atoms in total. The fourth-order valence-electron chi connectivity index (χ4n) is 0.678. The minimum absolute atomic E-state index is 0.238. The van der Waals surface area contributed by atoms with Gasteiger partial charge in [0.15, 0.2) is 0 Å². The van der Waals surface area contributed by atoms with E-state index < -0.39 is 11.9 Å². The first-order chi connectivity index (χ1) is 5.11. The second-order valence-corrected chi connectivity index (χ2v) is 2.35. The van der Waals surface area contributed by atoms with Gasteiger partial charge in [-0.1, -0.05) is 0 Å². The molecule has 0 aliphatic carbocycles. The van der Waals surface area contributed by atoms with Gasteiger partial charge < -0.3 is 21.3 Å². The van der Waals surface area contributed by atoms with Gasteiger partial charge in [0.2, 0.25) is 0 Å². The zero-order valence-corrected chi connectivity index (χ0v) is 6.45. The Kier molecular flexibility index (Phi) is 4.76. The lowest BCUT2D eigenvalue weighted by atomic mass is 10.1. The normalized spacial score (nSPS) is 15.9. The largest absolute Gasteiger partial charge is 0.481 e. The minimum Gasteiger partial charge on any atom is -0.481 e. The van der Waals surface area contributed by atoms with Crippen molar-refractivity contribution in [2.24, 2.45) is 11.7 Å². The molecule has 5 heteroatoms. The maximum absolute atomic E-state index is 10.3. The van der Waals surface area contributed by atoms with E-state index in [1.54, 1.807) is 7.05 Å². The molecule has 0 bridgehead atoms. The molecule has 2 unspecified atom stereocenters. The van der Waals surface area contributed by atoms with Gasteiger partial charge in [-0.15, -0.1) is 0 Å². The van der Waals surface area contributed by atoms with Crippen LogP contribution in [0.3, 0.4) is 0 Å². The summed E-state index contributed by atoms with van der Waals surface area (Å²) < 4.78 is 0. The van der Waals surface area contributed by atoms with Gasteiger partial charge in [0.25, 0.3) is 0 Å². The lowest BCUT2D eigenvalue weighted by Crippen LogP contribution is -2.38. The Hall–Kier alpha value is -0.650. The Morgan fingerprint density at radius 3 is 2.55 bits per heavy atom. The van der Waals surface area contributed by atoms with Crippen molar-refractivity contribution in [3.63, 3.8) is 0 Å². The molecule has 0 aliphatic heterocycles. The number of carboxylic acid groups (broad SMARTS) is 1. The molecule has 11 heavy (non-hydrogen) atoms. The van der Waals surface area contributed by atoms with Gasteiger partial charge in [-0.25, -0.2) is 0 Å². The van der Waals surface area contributed by atoms with E-state index in [1.165, 1.54) is 0 Å². The Morgan fingerprint density at radius 1 is 1.73 bits per heavy atom. The standard InChI is InChI=1S/C6H14N2O3/c1-8-5(7)2-4(3-9)6(10)11/h4-5,8-9H,2-3,7H2,1H3,(H,10,11). The average molecular weight is 162 g/mol. The number of rotatable bonds is 5. The predicted octanol–water partition coefficient (Wildman–Crippen LogP) is -1.43. The summed E-state index contributed by atoms with van der Waals surface area (Å²) in [6.45, 7) is -0.370. The number of aliphatic hydroxyl groups is 1. The van der Waals surface area contributed by atoms with E-state index >= 15 is 0 Å². The Labute approximate surface area is 65.2 Å². The van der Waals surface area contributed by atoms with Crippen LogP contribution in [0, 0.1) is 5.92 Å². The molecule has 5 N–H and O–H groups in total. The van der Waals surface area contributed by atoms with Crippen molar-refractivity contribution in [1.29, 1.82) is 0 Å². The molecule has 66 valence electrons. The van der Waals surface area contributed by atoms with E-state index in [-0.39, 0.29) is 19.2 Å². The highest BCUT2D eigenvalue weighted by atomic mass is 16.4. The van der Waals surface area contributed by atoms with Crippen molar-refractivity contribution in [2.75, 3.05) is 13.7 Å². The van der Waals surface area contributed by atoms with Crippen LogP contribution in [0.2, 0.25) is 0 Å². The first-order valence-corrected chi connectivity index (χ1v) is 3.38. The molecule has 0 saturated carbocycles. The summed E-state index contributed by atoms with van der Waals surface area (Å²) in [4.78, 5) is 10.3. The van der Waals surface area contributed by atoms with Gasteiger partial charge in [-0.05, 0) is 13.5 Å². The van der Waals surface area contributed by atoms with Gasteiger partial charge >= 0.3 is 5.97 Å². The zero-order valence-electron chi connectivity index (χ0n) is 6.45. The lowest BCUT2D eigenvalue weighted by Gasteiger charge is -2.14. The lowest BCUT2D eigenvalue weighted by molar-refractivity contribution is -0.143. The maximum atomic E-state index is 10.3. The monoisotopic (exact) mass is 162 g/mol. The molecular formula is C6H14N2O3. The van der Waals surface area contributed by atoms with E-state index in [0.29, 0.717) is 0 Å². The van der Waals surface area contributed by atoms with Gasteiger partial charge in [-0.3, -0.25) is 4.79 Å². The first-order valence-electron chi connectivity index (χ1n) is 3.38. The molecule has 0 rings (SSSR count). The van der Waals surface area contributed by atoms with Crippen molar-refractivity contribution in [3.8, 4) is 0 Å². The number of carbonyl (C=O) groups is 1. The second kappa shape index (κ2) is 5.06. The summed E-state index contributed by atoms with van der Waals surface area (Å²) in [5.74, 6) is -1.78. The second-order valence-electron chi connectivity index (χ2n) is 2.35. The van der Waals surface area contributed by atoms with Crippen LogP contribution in [0.4, 0.5) is 0 Å². The number of nitrogens with two attached hydrogens (primary N) is 1. The molecule has 0 saturated heterocycles. The third-order valence-electron chi connectivity index (χ3n) is 1.48. The fraction of sp³-hybridized carbons (Fsp3) is 0.833. The van der Waals surface area contributed by atoms with Crippen molar-refractivity contribution in [2.45, 2.75) is 12.6 Å². The number of hydrogen-bond acceptors (Lipinski definition) is 4. The van der Waals surface area contributed by atoms with Gasteiger partial charge in [0.05, 0.1) is 18.7 Å². The van der Waals surface area contributed by atoms with Crippen molar-refractivity contribution in [1.82, 2.24) is 5.32 Å². The summed E-state index contributed by atoms with van der Waals surface area (Å²) in [5.41, 5.74) is 5.40. The fourth-order valence-corrected chi connectivity index (χ4v) is 0.678. The smallest absolute Gasteiger partial charge is 0.308 e. The number of hydrogen-bond donors (Lipinski definition) is 4. The quantitative estimate of drug-likeness (QED) is 0.372. The van der Waals surface area contributed by atoms with Crippen LogP contribution in [0.5, 0.6) is 0 Å². The molecule has 0 aromatic carbocycles. The third-order valence-corrected chi connectivity index (χ3v) is 1.48. The third kappa shape index (κ3) is 3.92. The maximum Gasteiger partial charge on any atom is 0.308 e. The Bertz CT molecular complexity index is 129. The molecule has 0 radical (unpaired) electrons. The summed E-state index contributed by atoms with van der Waals surface area (Å²) >= 11 is 0. The van der Waals surface area contributed by atoms with Crippen LogP contribution in [0.15, 0.2) is 0 Å². The van der Waals surface area contributed by atoms with Crippen LogP contribution < -0.4 is 11.1 Å². The zero-order chi connectivity index (χ0) is 8.85. The predicted molar refractivity (Wildman–Crippen MR) is 39.9 cm³/mol. The van der Waals surface area contributed by atoms with Crippen LogP contribution in [-0.4, -0.2) is 36.0 Å². The van der Waals surface area contributed by atoms with Crippen LogP contribution >= 0.6 is 0 Å². The molecule has 0 aliphatic rings. The summed E-state index contributed by atoms with van der Waals surface area (Å²) in [7, 11) is 1.64. The molecule has 0 aromatic heterocycles. The van der Waals surface area contributed by atoms with Crippen molar-refractivity contribution in [3.05, 3.63) is 0 Å². The molecule has 0 heterocycles. The highest BCUT2D eigenvalue weighted by Crippen LogP contribution is 2.02. The Morgan fingerprint density at radius 2 is 2.27 bits per heavy atom. The number of aliphatic hydroxyl groups excluding tert-OH is 1. The molecule has 0 fully saturated rings. The summed E-state index contributed by atoms with van der Waals surface area (Å²) in [6, 6.07) is 0. The van der Waals surface area contributed by atoms with Crippen LogP contribution in [0.25, 0.3) is 0 Å². The molecular weight excluding hydrogens is 148 g/mol. The number of carboxylic acids is 1. The summed E-state index contributed by atoms with van der Waals surface area (Å²) in [6.07, 6.45) is -0.134. The highest BCUT2D eigenvalue weighted by molar-refractivity contribution is 5.70. The SMILES string of the molecule is CNC(N)CC(CO)C(=O)O. The molecule has 0 amide bonds. The van der Waals surface area contributed by atoms with Crippen molar-refractivity contribution < 1.29 is 15.0 Å². The number of aliphatic carboxylic acids is 1. The first kappa shape index (κ1) is 10.3. The Balaban J connectivity index is 3.77. The van der Waals surface area contributed by atoms with Gasteiger partial charge in [0, 0.05) is 0 Å². The van der Waals surface area contributed by atoms with E-state index in [4.69, 9.17) is 15.9 Å². The van der Waals surface area contributed by atoms with Crippen molar-refractivity contribution >= 4 is 5.97 Å². The summed E-state index contributed by atoms with van der Waals surface area (Å²) in [5, 5.41) is 19.7. The van der Waals surface area contributed by atoms with E-state index in [2.05, 4.69) is 5.32 Å². The average Bonchev–Trinajstić information content (AvgIpc) is 1.99. The molecule has 2 atom stereocenters. The van der Waals surface area contributed by atoms with Gasteiger partial charge in [0.1, 0.15) is 0 Å². The van der Waals surface area contributed by atoms with E-state index in [9.17, 15) is 4.79 Å². The molecule has 0 spiro atoms. The van der Waals surface area contributed by atoms with Crippen LogP contribution in [0.1, 0.15) is 6.42 Å². The topological polar surface area (TPSA) is 95.6 Å².